The van der Waals surface area contributed by atoms with Crippen molar-refractivity contribution in [2.75, 3.05) is 19.1 Å². The monoisotopic (exact) mass is 272 g/mol. The van der Waals surface area contributed by atoms with Gasteiger partial charge in [0, 0.05) is 6.07 Å². The Hall–Kier alpha value is -3.01. The van der Waals surface area contributed by atoms with Crippen molar-refractivity contribution < 1.29 is 14.3 Å². The normalized spacial score (nSPS) is 9.65. The lowest BCUT2D eigenvalue weighted by atomic mass is 10.3. The van der Waals surface area contributed by atoms with Crippen LogP contribution in [0.25, 0.3) is 0 Å². The van der Waals surface area contributed by atoms with Crippen LogP contribution in [0.15, 0.2) is 30.3 Å². The number of hydrogen-bond acceptors (Lipinski definition) is 6. The highest BCUT2D eigenvalue weighted by atomic mass is 16.5. The van der Waals surface area contributed by atoms with Crippen LogP contribution in [0.2, 0.25) is 0 Å². The topological polar surface area (TPSA) is 91.2 Å². The van der Waals surface area contributed by atoms with Crippen LogP contribution in [0.1, 0.15) is 10.5 Å². The number of rotatable bonds is 4. The average molecular weight is 272 g/mol. The maximum atomic E-state index is 11.3. The van der Waals surface area contributed by atoms with E-state index in [1.807, 2.05) is 6.19 Å². The van der Waals surface area contributed by atoms with E-state index >= 15 is 0 Å². The Morgan fingerprint density at radius 2 is 2.05 bits per heavy atom. The number of H-pyrrole nitrogens is 1. The van der Waals surface area contributed by atoms with E-state index in [0.717, 1.165) is 0 Å². The van der Waals surface area contributed by atoms with Gasteiger partial charge >= 0.3 is 5.97 Å². The van der Waals surface area contributed by atoms with Crippen molar-refractivity contribution in [2.24, 2.45) is 0 Å². The van der Waals surface area contributed by atoms with Gasteiger partial charge in [0.1, 0.15) is 11.4 Å². The van der Waals surface area contributed by atoms with Gasteiger partial charge in [0.15, 0.2) is 12.0 Å². The van der Waals surface area contributed by atoms with Crippen molar-refractivity contribution in [3.63, 3.8) is 0 Å². The molecular weight excluding hydrogens is 260 g/mol. The van der Waals surface area contributed by atoms with Crippen LogP contribution in [0, 0.1) is 11.5 Å². The molecule has 7 nitrogen and oxygen atoms in total. The molecule has 0 aliphatic heterocycles. The first-order valence-electron chi connectivity index (χ1n) is 5.67. The zero-order valence-corrected chi connectivity index (χ0v) is 11.0. The van der Waals surface area contributed by atoms with E-state index in [1.54, 1.807) is 31.4 Å². The number of nitrogens with one attached hydrogen (secondary N) is 1. The molecule has 0 unspecified atom stereocenters. The molecule has 0 aliphatic carbocycles. The molecule has 0 saturated carbocycles. The molecule has 102 valence electrons. The standard InChI is InChI=1S/C13H12N4O3/c1-19-10-5-3-9(4-6-10)17(8-14)12-7-11(15-16-12)13(18)20-2/h3-7H,1-2H3,(H,15,16). The lowest BCUT2D eigenvalue weighted by molar-refractivity contribution is 0.0594. The predicted molar refractivity (Wildman–Crippen MR) is 70.7 cm³/mol. The van der Waals surface area contributed by atoms with Crippen molar-refractivity contribution in [3.05, 3.63) is 36.0 Å². The molecule has 0 aliphatic rings. The van der Waals surface area contributed by atoms with Crippen molar-refractivity contribution in [1.82, 2.24) is 10.2 Å². The summed E-state index contributed by atoms with van der Waals surface area (Å²) < 4.78 is 9.62. The second kappa shape index (κ2) is 5.75. The molecule has 1 N–H and O–H groups in total. The van der Waals surface area contributed by atoms with E-state index in [-0.39, 0.29) is 5.69 Å². The molecule has 0 amide bonds. The number of carbonyl (C=O) groups is 1. The molecule has 2 aromatic rings. The van der Waals surface area contributed by atoms with E-state index in [1.165, 1.54) is 18.1 Å². The van der Waals surface area contributed by atoms with Gasteiger partial charge < -0.3 is 9.47 Å². The molecule has 1 aromatic carbocycles. The Morgan fingerprint density at radius 1 is 1.35 bits per heavy atom. The molecule has 1 aromatic heterocycles. The van der Waals surface area contributed by atoms with Gasteiger partial charge in [-0.1, -0.05) is 0 Å². The molecule has 0 bridgehead atoms. The Labute approximate surface area is 115 Å². The summed E-state index contributed by atoms with van der Waals surface area (Å²) in [5.74, 6) is 0.443. The smallest absolute Gasteiger partial charge is 0.356 e. The minimum absolute atomic E-state index is 0.177. The first kappa shape index (κ1) is 13.4. The SMILES string of the molecule is COC(=O)c1cc(N(C#N)c2ccc(OC)cc2)n[nH]1. The van der Waals surface area contributed by atoms with Gasteiger partial charge in [-0.15, -0.1) is 0 Å². The average Bonchev–Trinajstić information content (AvgIpc) is 2.97. The number of aromatic amines is 1. The van der Waals surface area contributed by atoms with Gasteiger partial charge in [0.25, 0.3) is 0 Å². The first-order chi connectivity index (χ1) is 9.69. The predicted octanol–water partition coefficient (Wildman–Crippen LogP) is 1.82. The molecular formula is C13H12N4O3. The fourth-order valence-corrected chi connectivity index (χ4v) is 1.61. The highest BCUT2D eigenvalue weighted by Gasteiger charge is 2.16. The van der Waals surface area contributed by atoms with Crippen LogP contribution in [-0.4, -0.2) is 30.4 Å². The fraction of sp³-hybridized carbons (Fsp3) is 0.154. The Bertz CT molecular complexity index is 642. The summed E-state index contributed by atoms with van der Waals surface area (Å²) in [5.41, 5.74) is 0.785. The minimum Gasteiger partial charge on any atom is -0.497 e. The molecule has 7 heteroatoms. The van der Waals surface area contributed by atoms with Crippen molar-refractivity contribution in [3.8, 4) is 11.9 Å². The van der Waals surface area contributed by atoms with Gasteiger partial charge in [-0.25, -0.2) is 9.69 Å². The van der Waals surface area contributed by atoms with Crippen LogP contribution in [-0.2, 0) is 4.74 Å². The number of methoxy groups -OCH3 is 2. The molecule has 0 fully saturated rings. The molecule has 0 atom stereocenters. The van der Waals surface area contributed by atoms with E-state index in [4.69, 9.17) is 4.74 Å². The molecule has 2 rings (SSSR count). The first-order valence-corrected chi connectivity index (χ1v) is 5.67. The molecule has 0 spiro atoms. The minimum atomic E-state index is -0.545. The Balaban J connectivity index is 2.30. The summed E-state index contributed by atoms with van der Waals surface area (Å²) in [6.45, 7) is 0. The third-order valence-electron chi connectivity index (χ3n) is 2.63. The third kappa shape index (κ3) is 2.54. The summed E-state index contributed by atoms with van der Waals surface area (Å²) >= 11 is 0. The highest BCUT2D eigenvalue weighted by molar-refractivity contribution is 5.88. The van der Waals surface area contributed by atoms with Crippen LogP contribution < -0.4 is 9.64 Å². The summed E-state index contributed by atoms with van der Waals surface area (Å²) in [5, 5.41) is 15.7. The molecule has 1 heterocycles. The molecule has 0 radical (unpaired) electrons. The van der Waals surface area contributed by atoms with E-state index in [2.05, 4.69) is 14.9 Å². The lowest BCUT2D eigenvalue weighted by Gasteiger charge is -2.12. The number of benzene rings is 1. The zero-order valence-electron chi connectivity index (χ0n) is 11.0. The van der Waals surface area contributed by atoms with Gasteiger partial charge in [-0.05, 0) is 24.3 Å². The number of hydrogen-bond donors (Lipinski definition) is 1. The third-order valence-corrected chi connectivity index (χ3v) is 2.63. The van der Waals surface area contributed by atoms with E-state index < -0.39 is 5.97 Å². The Kier molecular flexibility index (Phi) is 3.86. The van der Waals surface area contributed by atoms with Gasteiger partial charge in [0.2, 0.25) is 0 Å². The molecule has 0 saturated heterocycles. The van der Waals surface area contributed by atoms with Crippen LogP contribution in [0.4, 0.5) is 11.5 Å². The second-order valence-electron chi connectivity index (χ2n) is 3.76. The van der Waals surface area contributed by atoms with Crippen LogP contribution in [0.3, 0.4) is 0 Å². The number of esters is 1. The lowest BCUT2D eigenvalue weighted by Crippen LogP contribution is -2.09. The van der Waals surface area contributed by atoms with Gasteiger partial charge in [0.05, 0.1) is 19.9 Å². The number of nitrogens with zero attached hydrogens (tertiary/aromatic N) is 3. The highest BCUT2D eigenvalue weighted by Crippen LogP contribution is 2.25. The number of aromatic nitrogens is 2. The Morgan fingerprint density at radius 3 is 2.60 bits per heavy atom. The maximum absolute atomic E-state index is 11.3. The zero-order chi connectivity index (χ0) is 14.5. The largest absolute Gasteiger partial charge is 0.497 e. The summed E-state index contributed by atoms with van der Waals surface area (Å²) in [4.78, 5) is 12.6. The summed E-state index contributed by atoms with van der Waals surface area (Å²) in [6, 6.07) is 8.34. The maximum Gasteiger partial charge on any atom is 0.356 e. The van der Waals surface area contributed by atoms with Crippen LogP contribution in [0.5, 0.6) is 5.75 Å². The number of nitriles is 1. The van der Waals surface area contributed by atoms with E-state index in [9.17, 15) is 10.1 Å². The van der Waals surface area contributed by atoms with Gasteiger partial charge in [-0.3, -0.25) is 5.10 Å². The fourth-order valence-electron chi connectivity index (χ4n) is 1.61. The van der Waals surface area contributed by atoms with Crippen molar-refractivity contribution in [2.45, 2.75) is 0 Å². The quantitative estimate of drug-likeness (QED) is 0.518. The number of ether oxygens (including phenoxy) is 2. The van der Waals surface area contributed by atoms with Crippen molar-refractivity contribution in [1.29, 1.82) is 5.26 Å². The molecule has 20 heavy (non-hydrogen) atoms. The second-order valence-corrected chi connectivity index (χ2v) is 3.76. The number of anilines is 2. The van der Waals surface area contributed by atoms with E-state index in [0.29, 0.717) is 17.3 Å². The van der Waals surface area contributed by atoms with Crippen LogP contribution >= 0.6 is 0 Å². The summed E-state index contributed by atoms with van der Waals surface area (Å²) in [7, 11) is 2.84. The summed E-state index contributed by atoms with van der Waals surface area (Å²) in [6.07, 6.45) is 2.00. The van der Waals surface area contributed by atoms with Gasteiger partial charge in [-0.2, -0.15) is 10.4 Å². The number of carbonyl (C=O) groups excluding carboxylic acids is 1. The van der Waals surface area contributed by atoms with Crippen molar-refractivity contribution >= 4 is 17.5 Å².